The van der Waals surface area contributed by atoms with Gasteiger partial charge in [-0.25, -0.2) is 0 Å². The Labute approximate surface area is 101 Å². The molecule has 0 saturated heterocycles. The lowest BCUT2D eigenvalue weighted by Crippen LogP contribution is -2.27. The standard InChI is InChI=1S/C15H27N/c1-10(2)13-8-9-14(12(5)16(6)7)15(13)11(3)4/h8,10-12H,9H2,1-7H3. The fourth-order valence-electron chi connectivity index (χ4n) is 2.58. The van der Waals surface area contributed by atoms with E-state index in [0.717, 1.165) is 6.42 Å². The lowest BCUT2D eigenvalue weighted by Gasteiger charge is -2.26. The topological polar surface area (TPSA) is 3.24 Å². The van der Waals surface area contributed by atoms with Crippen LogP contribution in [-0.2, 0) is 0 Å². The van der Waals surface area contributed by atoms with Gasteiger partial charge in [0.05, 0.1) is 0 Å². The van der Waals surface area contributed by atoms with Gasteiger partial charge in [-0.3, -0.25) is 0 Å². The highest BCUT2D eigenvalue weighted by atomic mass is 15.1. The highest BCUT2D eigenvalue weighted by Crippen LogP contribution is 2.38. The molecule has 16 heavy (non-hydrogen) atoms. The molecule has 0 N–H and O–H groups in total. The third kappa shape index (κ3) is 2.57. The Kier molecular flexibility index (Phi) is 4.37. The normalized spacial score (nSPS) is 19.0. The van der Waals surface area contributed by atoms with Crippen LogP contribution in [0.25, 0.3) is 0 Å². The van der Waals surface area contributed by atoms with Crippen molar-refractivity contribution in [1.82, 2.24) is 4.90 Å². The number of rotatable bonds is 4. The molecule has 1 heteroatoms. The van der Waals surface area contributed by atoms with E-state index >= 15 is 0 Å². The number of hydrogen-bond donors (Lipinski definition) is 0. The number of likely N-dealkylation sites (N-methyl/N-ethyl adjacent to an activating group) is 1. The maximum atomic E-state index is 2.44. The van der Waals surface area contributed by atoms with Crippen LogP contribution in [0.4, 0.5) is 0 Å². The molecular formula is C15H27N. The third-order valence-electron chi connectivity index (χ3n) is 3.68. The minimum absolute atomic E-state index is 0.560. The van der Waals surface area contributed by atoms with E-state index in [-0.39, 0.29) is 0 Å². The second kappa shape index (κ2) is 5.18. The van der Waals surface area contributed by atoms with Crippen molar-refractivity contribution in [2.75, 3.05) is 14.1 Å². The Morgan fingerprint density at radius 2 is 1.56 bits per heavy atom. The summed E-state index contributed by atoms with van der Waals surface area (Å²) in [7, 11) is 4.34. The first kappa shape index (κ1) is 13.5. The fourth-order valence-corrected chi connectivity index (χ4v) is 2.58. The van der Waals surface area contributed by atoms with E-state index in [2.05, 4.69) is 59.7 Å². The minimum Gasteiger partial charge on any atom is -0.303 e. The Morgan fingerprint density at radius 3 is 1.94 bits per heavy atom. The van der Waals surface area contributed by atoms with Gasteiger partial charge in [0.2, 0.25) is 0 Å². The van der Waals surface area contributed by atoms with Crippen LogP contribution in [0.2, 0.25) is 0 Å². The van der Waals surface area contributed by atoms with Crippen molar-refractivity contribution < 1.29 is 0 Å². The molecule has 1 atom stereocenters. The van der Waals surface area contributed by atoms with Crippen molar-refractivity contribution in [3.05, 3.63) is 22.8 Å². The molecule has 0 aromatic heterocycles. The Bertz CT molecular complexity index is 305. The zero-order chi connectivity index (χ0) is 12.5. The highest BCUT2D eigenvalue weighted by Gasteiger charge is 2.25. The Balaban J connectivity index is 3.07. The van der Waals surface area contributed by atoms with Crippen LogP contribution in [-0.4, -0.2) is 25.0 Å². The van der Waals surface area contributed by atoms with Gasteiger partial charge in [-0.2, -0.15) is 0 Å². The van der Waals surface area contributed by atoms with E-state index in [4.69, 9.17) is 0 Å². The molecule has 0 spiro atoms. The maximum Gasteiger partial charge on any atom is 0.0282 e. The second-order valence-corrected chi connectivity index (χ2v) is 5.75. The van der Waals surface area contributed by atoms with Crippen LogP contribution in [0, 0.1) is 11.8 Å². The summed E-state index contributed by atoms with van der Waals surface area (Å²) in [5.41, 5.74) is 4.83. The first-order valence-corrected chi connectivity index (χ1v) is 6.46. The average molecular weight is 221 g/mol. The highest BCUT2D eigenvalue weighted by molar-refractivity contribution is 5.46. The quantitative estimate of drug-likeness (QED) is 0.696. The molecule has 0 aliphatic heterocycles. The van der Waals surface area contributed by atoms with Gasteiger partial charge < -0.3 is 4.90 Å². The zero-order valence-corrected chi connectivity index (χ0v) is 12.0. The average Bonchev–Trinajstić information content (AvgIpc) is 2.60. The Morgan fingerprint density at radius 1 is 1.00 bits per heavy atom. The van der Waals surface area contributed by atoms with Crippen LogP contribution in [0.15, 0.2) is 22.8 Å². The number of hydrogen-bond acceptors (Lipinski definition) is 1. The summed E-state index contributed by atoms with van der Waals surface area (Å²) in [6, 6.07) is 0.560. The molecular weight excluding hydrogens is 194 g/mol. The maximum absolute atomic E-state index is 2.44. The van der Waals surface area contributed by atoms with Crippen molar-refractivity contribution in [2.45, 2.75) is 47.1 Å². The van der Waals surface area contributed by atoms with E-state index < -0.39 is 0 Å². The van der Waals surface area contributed by atoms with Crippen LogP contribution < -0.4 is 0 Å². The molecule has 0 fully saturated rings. The first-order chi connectivity index (χ1) is 7.36. The van der Waals surface area contributed by atoms with Gasteiger partial charge in [-0.05, 0) is 56.0 Å². The van der Waals surface area contributed by atoms with E-state index in [1.165, 1.54) is 0 Å². The van der Waals surface area contributed by atoms with Crippen molar-refractivity contribution in [3.63, 3.8) is 0 Å². The first-order valence-electron chi connectivity index (χ1n) is 6.46. The van der Waals surface area contributed by atoms with E-state index in [1.54, 1.807) is 16.7 Å². The van der Waals surface area contributed by atoms with Crippen LogP contribution in [0.5, 0.6) is 0 Å². The smallest absolute Gasteiger partial charge is 0.0282 e. The monoisotopic (exact) mass is 221 g/mol. The van der Waals surface area contributed by atoms with Crippen molar-refractivity contribution >= 4 is 0 Å². The van der Waals surface area contributed by atoms with E-state index in [0.29, 0.717) is 17.9 Å². The molecule has 0 heterocycles. The van der Waals surface area contributed by atoms with Gasteiger partial charge >= 0.3 is 0 Å². The minimum atomic E-state index is 0.560. The SMILES string of the molecule is CC(C)C1=CCC(C(C)N(C)C)=C1C(C)C. The summed E-state index contributed by atoms with van der Waals surface area (Å²) in [6.45, 7) is 11.6. The van der Waals surface area contributed by atoms with Gasteiger partial charge in [-0.1, -0.05) is 33.8 Å². The number of nitrogens with zero attached hydrogens (tertiary/aromatic N) is 1. The molecule has 1 unspecified atom stereocenters. The van der Waals surface area contributed by atoms with Gasteiger partial charge in [0.1, 0.15) is 0 Å². The molecule has 0 amide bonds. The second-order valence-electron chi connectivity index (χ2n) is 5.75. The lowest BCUT2D eigenvalue weighted by molar-refractivity contribution is 0.345. The van der Waals surface area contributed by atoms with Crippen molar-refractivity contribution in [2.24, 2.45) is 11.8 Å². The third-order valence-corrected chi connectivity index (χ3v) is 3.68. The summed E-state index contributed by atoms with van der Waals surface area (Å²) < 4.78 is 0. The predicted octanol–water partition coefficient (Wildman–Crippen LogP) is 3.88. The van der Waals surface area contributed by atoms with E-state index in [1.807, 2.05) is 0 Å². The van der Waals surface area contributed by atoms with Crippen LogP contribution >= 0.6 is 0 Å². The van der Waals surface area contributed by atoms with Gasteiger partial charge in [0, 0.05) is 6.04 Å². The molecule has 0 saturated carbocycles. The van der Waals surface area contributed by atoms with Gasteiger partial charge in [-0.15, -0.1) is 0 Å². The van der Waals surface area contributed by atoms with Crippen molar-refractivity contribution in [1.29, 1.82) is 0 Å². The number of allylic oxidation sites excluding steroid dienone is 3. The molecule has 0 radical (unpaired) electrons. The van der Waals surface area contributed by atoms with Crippen LogP contribution in [0.3, 0.4) is 0 Å². The summed E-state index contributed by atoms with van der Waals surface area (Å²) in [4.78, 5) is 2.31. The molecule has 0 bridgehead atoms. The molecule has 92 valence electrons. The fraction of sp³-hybridized carbons (Fsp3) is 0.733. The molecule has 1 aliphatic rings. The van der Waals surface area contributed by atoms with Crippen LogP contribution in [0.1, 0.15) is 41.0 Å². The predicted molar refractivity (Wildman–Crippen MR) is 72.6 cm³/mol. The molecule has 0 aromatic carbocycles. The molecule has 1 aliphatic carbocycles. The lowest BCUT2D eigenvalue weighted by atomic mass is 9.87. The summed E-state index contributed by atoms with van der Waals surface area (Å²) in [5.74, 6) is 1.30. The van der Waals surface area contributed by atoms with Crippen molar-refractivity contribution in [3.8, 4) is 0 Å². The Hall–Kier alpha value is -0.560. The zero-order valence-electron chi connectivity index (χ0n) is 12.0. The summed E-state index contributed by atoms with van der Waals surface area (Å²) in [5, 5.41) is 0. The molecule has 1 nitrogen and oxygen atoms in total. The molecule has 1 rings (SSSR count). The summed E-state index contributed by atoms with van der Waals surface area (Å²) in [6.07, 6.45) is 3.59. The van der Waals surface area contributed by atoms with Gasteiger partial charge in [0.15, 0.2) is 0 Å². The van der Waals surface area contributed by atoms with Gasteiger partial charge in [0.25, 0.3) is 0 Å². The summed E-state index contributed by atoms with van der Waals surface area (Å²) >= 11 is 0. The molecule has 0 aromatic rings. The largest absolute Gasteiger partial charge is 0.303 e. The van der Waals surface area contributed by atoms with E-state index in [9.17, 15) is 0 Å².